The number of hydrogen-bond donors (Lipinski definition) is 2. The summed E-state index contributed by atoms with van der Waals surface area (Å²) >= 11 is 0. The van der Waals surface area contributed by atoms with Gasteiger partial charge < -0.3 is 20.1 Å². The standard InChI is InChI=1S/C15H24N2O3/c1-11(2)17-10-12-5-6-13(14(9-12)19-4)20-8-7-15(18)16-3/h5-6,9,11,17H,7-8,10H2,1-4H3,(H,16,18). The quantitative estimate of drug-likeness (QED) is 0.761. The Hall–Kier alpha value is -1.75. The molecule has 1 amide bonds. The van der Waals surface area contributed by atoms with Crippen molar-refractivity contribution in [3.63, 3.8) is 0 Å². The molecule has 0 fully saturated rings. The van der Waals surface area contributed by atoms with E-state index in [1.807, 2.05) is 18.2 Å². The highest BCUT2D eigenvalue weighted by Gasteiger charge is 2.07. The first-order chi connectivity index (χ1) is 9.56. The van der Waals surface area contributed by atoms with Gasteiger partial charge in [0.15, 0.2) is 11.5 Å². The van der Waals surface area contributed by atoms with Crippen molar-refractivity contribution in [1.29, 1.82) is 0 Å². The van der Waals surface area contributed by atoms with Crippen LogP contribution in [0.3, 0.4) is 0 Å². The van der Waals surface area contributed by atoms with Crippen LogP contribution >= 0.6 is 0 Å². The highest BCUT2D eigenvalue weighted by molar-refractivity contribution is 5.75. The van der Waals surface area contributed by atoms with Crippen LogP contribution in [0.25, 0.3) is 0 Å². The van der Waals surface area contributed by atoms with E-state index in [1.165, 1.54) is 0 Å². The third-order valence-electron chi connectivity index (χ3n) is 2.81. The Bertz CT molecular complexity index is 433. The fraction of sp³-hybridized carbons (Fsp3) is 0.533. The van der Waals surface area contributed by atoms with Gasteiger partial charge in [-0.05, 0) is 17.7 Å². The minimum atomic E-state index is -0.0401. The molecular weight excluding hydrogens is 256 g/mol. The highest BCUT2D eigenvalue weighted by Crippen LogP contribution is 2.28. The second-order valence-electron chi connectivity index (χ2n) is 4.79. The van der Waals surface area contributed by atoms with Crippen LogP contribution in [-0.4, -0.2) is 32.7 Å². The molecule has 2 N–H and O–H groups in total. The van der Waals surface area contributed by atoms with Crippen LogP contribution < -0.4 is 20.1 Å². The van der Waals surface area contributed by atoms with Gasteiger partial charge in [-0.25, -0.2) is 0 Å². The van der Waals surface area contributed by atoms with E-state index in [0.717, 1.165) is 12.1 Å². The predicted octanol–water partition coefficient (Wildman–Crippen LogP) is 1.71. The Morgan fingerprint density at radius 3 is 2.65 bits per heavy atom. The Kier molecular flexibility index (Phi) is 6.87. The van der Waals surface area contributed by atoms with E-state index in [-0.39, 0.29) is 5.91 Å². The zero-order valence-corrected chi connectivity index (χ0v) is 12.7. The van der Waals surface area contributed by atoms with E-state index in [4.69, 9.17) is 9.47 Å². The molecule has 0 heterocycles. The van der Waals surface area contributed by atoms with Crippen molar-refractivity contribution in [2.24, 2.45) is 0 Å². The molecule has 0 aliphatic rings. The molecule has 0 unspecified atom stereocenters. The minimum absolute atomic E-state index is 0.0401. The monoisotopic (exact) mass is 280 g/mol. The molecule has 1 aromatic carbocycles. The zero-order chi connectivity index (χ0) is 15.0. The fourth-order valence-electron chi connectivity index (χ4n) is 1.64. The summed E-state index contributed by atoms with van der Waals surface area (Å²) in [5.41, 5.74) is 1.13. The van der Waals surface area contributed by atoms with Gasteiger partial charge in [0.1, 0.15) is 0 Å². The first-order valence-corrected chi connectivity index (χ1v) is 6.80. The zero-order valence-electron chi connectivity index (χ0n) is 12.7. The maximum Gasteiger partial charge on any atom is 0.223 e. The summed E-state index contributed by atoms with van der Waals surface area (Å²) in [5.74, 6) is 1.30. The Morgan fingerprint density at radius 2 is 2.05 bits per heavy atom. The molecule has 0 aliphatic carbocycles. The Balaban J connectivity index is 2.60. The lowest BCUT2D eigenvalue weighted by atomic mass is 10.2. The van der Waals surface area contributed by atoms with Crippen molar-refractivity contribution in [3.05, 3.63) is 23.8 Å². The number of hydrogen-bond acceptors (Lipinski definition) is 4. The first-order valence-electron chi connectivity index (χ1n) is 6.80. The number of methoxy groups -OCH3 is 1. The molecule has 0 aromatic heterocycles. The minimum Gasteiger partial charge on any atom is -0.493 e. The molecule has 112 valence electrons. The third kappa shape index (κ3) is 5.48. The molecule has 0 spiro atoms. The molecule has 0 saturated carbocycles. The Morgan fingerprint density at radius 1 is 1.30 bits per heavy atom. The molecular formula is C15H24N2O3. The molecule has 1 aromatic rings. The number of carbonyl (C=O) groups is 1. The van der Waals surface area contributed by atoms with Crippen LogP contribution in [0, 0.1) is 0 Å². The van der Waals surface area contributed by atoms with Crippen LogP contribution in [0.15, 0.2) is 18.2 Å². The van der Waals surface area contributed by atoms with Gasteiger partial charge in [-0.2, -0.15) is 0 Å². The number of nitrogens with one attached hydrogen (secondary N) is 2. The lowest BCUT2D eigenvalue weighted by Crippen LogP contribution is -2.21. The van der Waals surface area contributed by atoms with Crippen LogP contribution in [0.5, 0.6) is 11.5 Å². The van der Waals surface area contributed by atoms with Gasteiger partial charge in [-0.3, -0.25) is 4.79 Å². The van der Waals surface area contributed by atoms with Crippen molar-refractivity contribution in [2.75, 3.05) is 20.8 Å². The van der Waals surface area contributed by atoms with Crippen molar-refractivity contribution >= 4 is 5.91 Å². The average molecular weight is 280 g/mol. The van der Waals surface area contributed by atoms with Crippen LogP contribution in [0.2, 0.25) is 0 Å². The highest BCUT2D eigenvalue weighted by atomic mass is 16.5. The summed E-state index contributed by atoms with van der Waals surface area (Å²) in [6.07, 6.45) is 0.330. The van der Waals surface area contributed by atoms with Crippen LogP contribution in [0.4, 0.5) is 0 Å². The Labute approximate surface area is 120 Å². The summed E-state index contributed by atoms with van der Waals surface area (Å²) < 4.78 is 10.9. The lowest BCUT2D eigenvalue weighted by molar-refractivity contribution is -0.121. The SMILES string of the molecule is CNC(=O)CCOc1ccc(CNC(C)C)cc1OC. The molecule has 0 aliphatic heterocycles. The smallest absolute Gasteiger partial charge is 0.223 e. The summed E-state index contributed by atoms with van der Waals surface area (Å²) in [6.45, 7) is 5.33. The number of rotatable bonds is 8. The van der Waals surface area contributed by atoms with E-state index >= 15 is 0 Å². The number of amides is 1. The van der Waals surface area contributed by atoms with Crippen molar-refractivity contribution < 1.29 is 14.3 Å². The molecule has 0 bridgehead atoms. The van der Waals surface area contributed by atoms with E-state index in [2.05, 4.69) is 24.5 Å². The molecule has 0 atom stereocenters. The van der Waals surface area contributed by atoms with Crippen molar-refractivity contribution in [3.8, 4) is 11.5 Å². The molecule has 5 nitrogen and oxygen atoms in total. The number of ether oxygens (including phenoxy) is 2. The normalized spacial score (nSPS) is 10.4. The van der Waals surface area contributed by atoms with Gasteiger partial charge in [-0.1, -0.05) is 19.9 Å². The van der Waals surface area contributed by atoms with Gasteiger partial charge in [0, 0.05) is 19.6 Å². The summed E-state index contributed by atoms with van der Waals surface area (Å²) in [4.78, 5) is 11.1. The third-order valence-corrected chi connectivity index (χ3v) is 2.81. The average Bonchev–Trinajstić information content (AvgIpc) is 2.45. The van der Waals surface area contributed by atoms with Gasteiger partial charge in [0.2, 0.25) is 5.91 Å². The molecule has 0 radical (unpaired) electrons. The maximum atomic E-state index is 11.1. The number of benzene rings is 1. The predicted molar refractivity (Wildman–Crippen MR) is 79.1 cm³/mol. The van der Waals surface area contributed by atoms with Crippen molar-refractivity contribution in [2.45, 2.75) is 32.9 Å². The summed E-state index contributed by atoms with van der Waals surface area (Å²) in [5, 5.41) is 5.91. The molecule has 5 heteroatoms. The van der Waals surface area contributed by atoms with Gasteiger partial charge in [0.05, 0.1) is 20.1 Å². The van der Waals surface area contributed by atoms with E-state index < -0.39 is 0 Å². The van der Waals surface area contributed by atoms with E-state index in [0.29, 0.717) is 30.6 Å². The summed E-state index contributed by atoms with van der Waals surface area (Å²) in [6, 6.07) is 6.25. The topological polar surface area (TPSA) is 59.6 Å². The van der Waals surface area contributed by atoms with Crippen molar-refractivity contribution in [1.82, 2.24) is 10.6 Å². The number of carbonyl (C=O) groups excluding carboxylic acids is 1. The van der Waals surface area contributed by atoms with E-state index in [1.54, 1.807) is 14.2 Å². The second kappa shape index (κ2) is 8.43. The largest absolute Gasteiger partial charge is 0.493 e. The van der Waals surface area contributed by atoms with Gasteiger partial charge in [0.25, 0.3) is 0 Å². The van der Waals surface area contributed by atoms with E-state index in [9.17, 15) is 4.79 Å². The van der Waals surface area contributed by atoms with Gasteiger partial charge in [-0.15, -0.1) is 0 Å². The summed E-state index contributed by atoms with van der Waals surface area (Å²) in [7, 11) is 3.22. The lowest BCUT2D eigenvalue weighted by Gasteiger charge is -2.13. The van der Waals surface area contributed by atoms with Crippen LogP contribution in [0.1, 0.15) is 25.8 Å². The first kappa shape index (κ1) is 16.3. The fourth-order valence-corrected chi connectivity index (χ4v) is 1.64. The van der Waals surface area contributed by atoms with Gasteiger partial charge >= 0.3 is 0 Å². The van der Waals surface area contributed by atoms with Crippen LogP contribution in [-0.2, 0) is 11.3 Å². The molecule has 20 heavy (non-hydrogen) atoms. The molecule has 0 saturated heterocycles. The second-order valence-corrected chi connectivity index (χ2v) is 4.79. The molecule has 1 rings (SSSR count). The maximum absolute atomic E-state index is 11.1.